The Balaban J connectivity index is 1.40. The van der Waals surface area contributed by atoms with Crippen LogP contribution in [0.1, 0.15) is 31.1 Å². The molecule has 3 aliphatic heterocycles. The minimum absolute atomic E-state index is 0.0285. The molecule has 27 heavy (non-hydrogen) atoms. The van der Waals surface area contributed by atoms with Crippen molar-refractivity contribution in [2.75, 3.05) is 51.3 Å². The number of hydrogen-bond acceptors (Lipinski definition) is 6. The molecule has 1 aromatic rings. The van der Waals surface area contributed by atoms with E-state index in [0.717, 1.165) is 37.6 Å². The second kappa shape index (κ2) is 7.67. The van der Waals surface area contributed by atoms with E-state index in [1.165, 1.54) is 0 Å². The first-order chi connectivity index (χ1) is 13.1. The van der Waals surface area contributed by atoms with Gasteiger partial charge in [0.2, 0.25) is 11.9 Å². The average molecular weight is 374 g/mol. The highest BCUT2D eigenvalue weighted by Gasteiger charge is 2.33. The standard InChI is InChI=1S/C18H26N6O3/c1-22-9-5-14(16(22)25)21-18(26)24-10-11-27-15(12-24)13-4-6-19-17(20-13)23-7-2-3-8-23/h4,6,14-15H,2-3,5,7-12H2,1H3,(H,21,26). The predicted molar refractivity (Wildman–Crippen MR) is 98.3 cm³/mol. The summed E-state index contributed by atoms with van der Waals surface area (Å²) in [4.78, 5) is 39.2. The molecule has 0 saturated carbocycles. The molecule has 4 heterocycles. The SMILES string of the molecule is CN1CCC(NC(=O)N2CCOC(c3ccnc(N4CCCC4)n3)C2)C1=O. The van der Waals surface area contributed by atoms with Gasteiger partial charge in [-0.1, -0.05) is 0 Å². The highest BCUT2D eigenvalue weighted by Crippen LogP contribution is 2.23. The molecule has 4 rings (SSSR count). The summed E-state index contributed by atoms with van der Waals surface area (Å²) < 4.78 is 5.86. The van der Waals surface area contributed by atoms with E-state index in [4.69, 9.17) is 4.74 Å². The number of anilines is 1. The highest BCUT2D eigenvalue weighted by atomic mass is 16.5. The molecule has 146 valence electrons. The molecular weight excluding hydrogens is 348 g/mol. The Kier molecular flexibility index (Phi) is 5.11. The lowest BCUT2D eigenvalue weighted by atomic mass is 10.2. The average Bonchev–Trinajstić information content (AvgIpc) is 3.34. The Morgan fingerprint density at radius 2 is 2.07 bits per heavy atom. The zero-order chi connectivity index (χ0) is 18.8. The van der Waals surface area contributed by atoms with Crippen LogP contribution in [0.3, 0.4) is 0 Å². The Morgan fingerprint density at radius 1 is 1.26 bits per heavy atom. The van der Waals surface area contributed by atoms with Crippen molar-refractivity contribution in [2.45, 2.75) is 31.4 Å². The molecule has 0 spiro atoms. The fourth-order valence-electron chi connectivity index (χ4n) is 3.82. The molecule has 0 aromatic carbocycles. The number of urea groups is 1. The van der Waals surface area contributed by atoms with Crippen LogP contribution < -0.4 is 10.2 Å². The number of likely N-dealkylation sites (tertiary alicyclic amines) is 1. The second-order valence-electron chi connectivity index (χ2n) is 7.33. The quantitative estimate of drug-likeness (QED) is 0.823. The molecule has 1 aromatic heterocycles. The first kappa shape index (κ1) is 18.0. The molecule has 1 N–H and O–H groups in total. The third kappa shape index (κ3) is 3.83. The molecule has 9 heteroatoms. The molecule has 0 radical (unpaired) electrons. The summed E-state index contributed by atoms with van der Waals surface area (Å²) in [6.07, 6.45) is 4.45. The van der Waals surface area contributed by atoms with E-state index in [1.54, 1.807) is 23.0 Å². The normalized spacial score (nSPS) is 26.0. The van der Waals surface area contributed by atoms with Gasteiger partial charge >= 0.3 is 6.03 Å². The number of nitrogens with one attached hydrogen (secondary N) is 1. The van der Waals surface area contributed by atoms with Gasteiger partial charge in [-0.2, -0.15) is 0 Å². The van der Waals surface area contributed by atoms with Crippen LogP contribution in [-0.4, -0.2) is 84.1 Å². The van der Waals surface area contributed by atoms with Crippen LogP contribution in [0.4, 0.5) is 10.7 Å². The number of ether oxygens (including phenoxy) is 1. The van der Waals surface area contributed by atoms with Crippen molar-refractivity contribution in [1.29, 1.82) is 0 Å². The number of carbonyl (C=O) groups is 2. The predicted octanol–water partition coefficient (Wildman–Crippen LogP) is 0.390. The summed E-state index contributed by atoms with van der Waals surface area (Å²) in [7, 11) is 1.76. The van der Waals surface area contributed by atoms with Crippen molar-refractivity contribution >= 4 is 17.9 Å². The molecule has 0 aliphatic carbocycles. The van der Waals surface area contributed by atoms with Crippen LogP contribution in [-0.2, 0) is 9.53 Å². The molecule has 2 atom stereocenters. The number of likely N-dealkylation sites (N-methyl/N-ethyl adjacent to an activating group) is 1. The number of amides is 3. The first-order valence-electron chi connectivity index (χ1n) is 9.62. The van der Waals surface area contributed by atoms with E-state index in [0.29, 0.717) is 32.7 Å². The molecule has 3 fully saturated rings. The largest absolute Gasteiger partial charge is 0.368 e. The number of morpholine rings is 1. The number of hydrogen-bond donors (Lipinski definition) is 1. The molecule has 2 unspecified atom stereocenters. The lowest BCUT2D eigenvalue weighted by molar-refractivity contribution is -0.128. The van der Waals surface area contributed by atoms with Crippen LogP contribution >= 0.6 is 0 Å². The minimum Gasteiger partial charge on any atom is -0.368 e. The fraction of sp³-hybridized carbons (Fsp3) is 0.667. The molecular formula is C18H26N6O3. The van der Waals surface area contributed by atoms with Crippen molar-refractivity contribution in [3.8, 4) is 0 Å². The highest BCUT2D eigenvalue weighted by molar-refractivity contribution is 5.88. The van der Waals surface area contributed by atoms with E-state index >= 15 is 0 Å². The van der Waals surface area contributed by atoms with E-state index in [2.05, 4.69) is 20.2 Å². The van der Waals surface area contributed by atoms with E-state index < -0.39 is 6.04 Å². The Labute approximate surface area is 158 Å². The smallest absolute Gasteiger partial charge is 0.318 e. The molecule has 3 saturated heterocycles. The lowest BCUT2D eigenvalue weighted by Crippen LogP contribution is -2.51. The van der Waals surface area contributed by atoms with Gasteiger partial charge in [0.15, 0.2) is 0 Å². The van der Waals surface area contributed by atoms with Crippen molar-refractivity contribution < 1.29 is 14.3 Å². The Morgan fingerprint density at radius 3 is 2.81 bits per heavy atom. The molecule has 9 nitrogen and oxygen atoms in total. The third-order valence-electron chi connectivity index (χ3n) is 5.46. The zero-order valence-corrected chi connectivity index (χ0v) is 15.6. The van der Waals surface area contributed by atoms with E-state index in [1.807, 2.05) is 6.07 Å². The maximum atomic E-state index is 12.6. The van der Waals surface area contributed by atoms with Gasteiger partial charge in [0.25, 0.3) is 0 Å². The summed E-state index contributed by atoms with van der Waals surface area (Å²) in [6, 6.07) is 1.21. The Bertz CT molecular complexity index is 708. The third-order valence-corrected chi connectivity index (χ3v) is 5.46. The number of carbonyl (C=O) groups excluding carboxylic acids is 2. The number of nitrogens with zero attached hydrogens (tertiary/aromatic N) is 5. The maximum Gasteiger partial charge on any atom is 0.318 e. The van der Waals surface area contributed by atoms with Crippen LogP contribution in [0.5, 0.6) is 0 Å². The van der Waals surface area contributed by atoms with E-state index in [9.17, 15) is 9.59 Å². The first-order valence-corrected chi connectivity index (χ1v) is 9.62. The summed E-state index contributed by atoms with van der Waals surface area (Å²) in [5.41, 5.74) is 0.793. The minimum atomic E-state index is -0.426. The van der Waals surface area contributed by atoms with Gasteiger partial charge in [-0.3, -0.25) is 4.79 Å². The van der Waals surface area contributed by atoms with Gasteiger partial charge < -0.3 is 24.8 Å². The Hall–Kier alpha value is -2.42. The summed E-state index contributed by atoms with van der Waals surface area (Å²) >= 11 is 0. The molecule has 0 bridgehead atoms. The maximum absolute atomic E-state index is 12.6. The van der Waals surface area contributed by atoms with Gasteiger partial charge in [-0.15, -0.1) is 0 Å². The van der Waals surface area contributed by atoms with Gasteiger partial charge in [0.05, 0.1) is 18.8 Å². The topological polar surface area (TPSA) is 90.9 Å². The van der Waals surface area contributed by atoms with Crippen LogP contribution in [0.2, 0.25) is 0 Å². The summed E-state index contributed by atoms with van der Waals surface area (Å²) in [6.45, 7) is 4.00. The second-order valence-corrected chi connectivity index (χ2v) is 7.33. The van der Waals surface area contributed by atoms with Crippen molar-refractivity contribution in [3.05, 3.63) is 18.0 Å². The van der Waals surface area contributed by atoms with Crippen molar-refractivity contribution in [1.82, 2.24) is 25.1 Å². The molecule has 3 amide bonds. The van der Waals surface area contributed by atoms with Gasteiger partial charge in [-0.05, 0) is 25.3 Å². The lowest BCUT2D eigenvalue weighted by Gasteiger charge is -2.33. The number of aromatic nitrogens is 2. The van der Waals surface area contributed by atoms with E-state index in [-0.39, 0.29) is 18.0 Å². The monoisotopic (exact) mass is 374 g/mol. The van der Waals surface area contributed by atoms with Gasteiger partial charge in [0.1, 0.15) is 12.1 Å². The fourth-order valence-corrected chi connectivity index (χ4v) is 3.82. The van der Waals surface area contributed by atoms with Crippen LogP contribution in [0.25, 0.3) is 0 Å². The van der Waals surface area contributed by atoms with Gasteiger partial charge in [0, 0.05) is 39.4 Å². The zero-order valence-electron chi connectivity index (χ0n) is 15.6. The van der Waals surface area contributed by atoms with Crippen molar-refractivity contribution in [2.24, 2.45) is 0 Å². The summed E-state index contributed by atoms with van der Waals surface area (Å²) in [5, 5.41) is 2.86. The van der Waals surface area contributed by atoms with Crippen LogP contribution in [0, 0.1) is 0 Å². The van der Waals surface area contributed by atoms with Crippen molar-refractivity contribution in [3.63, 3.8) is 0 Å². The van der Waals surface area contributed by atoms with Crippen LogP contribution in [0.15, 0.2) is 12.3 Å². The number of rotatable bonds is 3. The summed E-state index contributed by atoms with van der Waals surface area (Å²) in [5.74, 6) is 0.703. The van der Waals surface area contributed by atoms with Gasteiger partial charge in [-0.25, -0.2) is 14.8 Å². The molecule has 3 aliphatic rings.